The SMILES string of the molecule is Cc1ccc(C=C(CNC(=O)OCC2c3ccccc3-c3ccccc32)B2OC(C)(C)C(C)(C)O2)c(Cl)n1. The van der Waals surface area contributed by atoms with Crippen molar-refractivity contribution in [2.24, 2.45) is 0 Å². The van der Waals surface area contributed by atoms with Crippen LogP contribution in [0.1, 0.15) is 56.0 Å². The lowest BCUT2D eigenvalue weighted by Crippen LogP contribution is -2.41. The van der Waals surface area contributed by atoms with Gasteiger partial charge >= 0.3 is 13.2 Å². The van der Waals surface area contributed by atoms with E-state index in [1.165, 1.54) is 22.3 Å². The van der Waals surface area contributed by atoms with Gasteiger partial charge in [0.2, 0.25) is 0 Å². The molecule has 196 valence electrons. The van der Waals surface area contributed by atoms with Crippen molar-refractivity contribution in [1.82, 2.24) is 10.3 Å². The third kappa shape index (κ3) is 5.11. The number of aryl methyl sites for hydroxylation is 1. The molecule has 1 fully saturated rings. The number of alkyl carbamates (subject to hydrolysis) is 1. The maximum atomic E-state index is 12.9. The molecule has 1 N–H and O–H groups in total. The Morgan fingerprint density at radius 3 is 2.16 bits per heavy atom. The maximum Gasteiger partial charge on any atom is 0.492 e. The van der Waals surface area contributed by atoms with Gasteiger partial charge in [0, 0.05) is 23.7 Å². The largest absolute Gasteiger partial charge is 0.492 e. The lowest BCUT2D eigenvalue weighted by Gasteiger charge is -2.32. The molecular formula is C30H32BClN2O4. The molecule has 0 atom stereocenters. The molecule has 1 aromatic heterocycles. The first-order valence-corrected chi connectivity index (χ1v) is 13.2. The number of hydrogen-bond acceptors (Lipinski definition) is 5. The number of aromatic nitrogens is 1. The van der Waals surface area contributed by atoms with Crippen LogP contribution < -0.4 is 5.32 Å². The van der Waals surface area contributed by atoms with Crippen molar-refractivity contribution in [2.45, 2.75) is 51.7 Å². The predicted molar refractivity (Wildman–Crippen MR) is 151 cm³/mol. The highest BCUT2D eigenvalue weighted by atomic mass is 35.5. The number of rotatable bonds is 6. The van der Waals surface area contributed by atoms with Crippen LogP contribution in [0, 0.1) is 6.92 Å². The van der Waals surface area contributed by atoms with Crippen molar-refractivity contribution >= 4 is 30.9 Å². The number of carbonyl (C=O) groups is 1. The lowest BCUT2D eigenvalue weighted by molar-refractivity contribution is 0.00578. The van der Waals surface area contributed by atoms with Gasteiger partial charge in [0.05, 0.1) is 11.2 Å². The van der Waals surface area contributed by atoms with Crippen molar-refractivity contribution in [3.05, 3.63) is 93.7 Å². The molecular weight excluding hydrogens is 499 g/mol. The molecule has 0 bridgehead atoms. The number of amides is 1. The molecule has 5 rings (SSSR count). The predicted octanol–water partition coefficient (Wildman–Crippen LogP) is 6.60. The fourth-order valence-corrected chi connectivity index (χ4v) is 5.11. The molecule has 1 amide bonds. The normalized spacial score (nSPS) is 17.7. The molecule has 8 heteroatoms. The minimum absolute atomic E-state index is 0.0105. The van der Waals surface area contributed by atoms with E-state index in [0.717, 1.165) is 11.3 Å². The first kappa shape index (κ1) is 26.5. The average molecular weight is 531 g/mol. The molecule has 2 aromatic carbocycles. The van der Waals surface area contributed by atoms with Crippen LogP contribution in [0.3, 0.4) is 0 Å². The fraction of sp³-hybridized carbons (Fsp3) is 0.333. The third-order valence-electron chi connectivity index (χ3n) is 7.69. The Morgan fingerprint density at radius 2 is 1.58 bits per heavy atom. The number of hydrogen-bond donors (Lipinski definition) is 1. The minimum atomic E-state index is -0.661. The Balaban J connectivity index is 1.31. The first-order chi connectivity index (χ1) is 18.1. The molecule has 38 heavy (non-hydrogen) atoms. The number of halogens is 1. The molecule has 3 aromatic rings. The molecule has 1 aliphatic heterocycles. The van der Waals surface area contributed by atoms with Gasteiger partial charge in [-0.05, 0) is 68.4 Å². The lowest BCUT2D eigenvalue weighted by atomic mass is 9.77. The maximum absolute atomic E-state index is 12.9. The van der Waals surface area contributed by atoms with E-state index in [9.17, 15) is 4.79 Å². The Bertz CT molecular complexity index is 1340. The van der Waals surface area contributed by atoms with E-state index in [1.54, 1.807) is 0 Å². The van der Waals surface area contributed by atoms with Gasteiger partial charge in [-0.2, -0.15) is 0 Å². The summed E-state index contributed by atoms with van der Waals surface area (Å²) >= 11 is 6.41. The van der Waals surface area contributed by atoms with Crippen molar-refractivity contribution in [3.63, 3.8) is 0 Å². The Kier molecular flexibility index (Phi) is 7.12. The zero-order valence-corrected chi connectivity index (χ0v) is 23.1. The second-order valence-electron chi connectivity index (χ2n) is 10.8. The summed E-state index contributed by atoms with van der Waals surface area (Å²) in [4.78, 5) is 17.2. The van der Waals surface area contributed by atoms with Crippen LogP contribution in [0.2, 0.25) is 5.15 Å². The molecule has 0 unspecified atom stereocenters. The summed E-state index contributed by atoms with van der Waals surface area (Å²) in [6, 6.07) is 20.3. The van der Waals surface area contributed by atoms with E-state index >= 15 is 0 Å². The van der Waals surface area contributed by atoms with Crippen LogP contribution in [-0.2, 0) is 14.0 Å². The fourth-order valence-electron chi connectivity index (χ4n) is 4.86. The summed E-state index contributed by atoms with van der Waals surface area (Å²) in [6.07, 6.45) is 1.35. The number of nitrogens with zero attached hydrogens (tertiary/aromatic N) is 1. The molecule has 0 saturated carbocycles. The average Bonchev–Trinajstić information content (AvgIpc) is 3.30. The van der Waals surface area contributed by atoms with Gasteiger partial charge in [0.25, 0.3) is 0 Å². The van der Waals surface area contributed by atoms with Crippen molar-refractivity contribution < 1.29 is 18.8 Å². The number of nitrogens with one attached hydrogen (secondary N) is 1. The molecule has 0 spiro atoms. The number of pyridine rings is 1. The van der Waals surface area contributed by atoms with E-state index in [-0.39, 0.29) is 19.1 Å². The van der Waals surface area contributed by atoms with Gasteiger partial charge in [-0.3, -0.25) is 0 Å². The summed E-state index contributed by atoms with van der Waals surface area (Å²) in [7, 11) is -0.661. The molecule has 2 aliphatic rings. The van der Waals surface area contributed by atoms with Gasteiger partial charge in [0.15, 0.2) is 0 Å². The van der Waals surface area contributed by atoms with Crippen LogP contribution in [0.15, 0.2) is 66.1 Å². The van der Waals surface area contributed by atoms with Gasteiger partial charge in [-0.1, -0.05) is 72.3 Å². The smallest absolute Gasteiger partial charge is 0.449 e. The Morgan fingerprint density at radius 1 is 1.00 bits per heavy atom. The van der Waals surface area contributed by atoms with Crippen LogP contribution in [-0.4, -0.2) is 42.5 Å². The topological polar surface area (TPSA) is 69.7 Å². The van der Waals surface area contributed by atoms with E-state index < -0.39 is 24.4 Å². The van der Waals surface area contributed by atoms with E-state index in [1.807, 2.05) is 77.1 Å². The summed E-state index contributed by atoms with van der Waals surface area (Å²) in [6.45, 7) is 10.2. The number of ether oxygens (including phenoxy) is 1. The van der Waals surface area contributed by atoms with Crippen molar-refractivity contribution in [3.8, 4) is 11.1 Å². The molecule has 2 heterocycles. The number of benzene rings is 2. The summed E-state index contributed by atoms with van der Waals surface area (Å²) in [5.74, 6) is -0.0105. The quantitative estimate of drug-likeness (QED) is 0.287. The van der Waals surface area contributed by atoms with Crippen LogP contribution in [0.5, 0.6) is 0 Å². The molecule has 0 radical (unpaired) electrons. The van der Waals surface area contributed by atoms with Gasteiger partial charge in [-0.15, -0.1) is 0 Å². The van der Waals surface area contributed by atoms with E-state index in [4.69, 9.17) is 25.6 Å². The number of fused-ring (bicyclic) bond motifs is 3. The number of carbonyl (C=O) groups excluding carboxylic acids is 1. The summed E-state index contributed by atoms with van der Waals surface area (Å²) in [5, 5.41) is 3.26. The zero-order chi connectivity index (χ0) is 27.1. The van der Waals surface area contributed by atoms with Gasteiger partial charge in [0.1, 0.15) is 11.8 Å². The first-order valence-electron chi connectivity index (χ1n) is 12.8. The summed E-state index contributed by atoms with van der Waals surface area (Å²) < 4.78 is 18.3. The van der Waals surface area contributed by atoms with Gasteiger partial charge in [-0.25, -0.2) is 9.78 Å². The second kappa shape index (κ2) is 10.2. The molecule has 1 aliphatic carbocycles. The van der Waals surface area contributed by atoms with E-state index in [0.29, 0.717) is 10.6 Å². The highest BCUT2D eigenvalue weighted by molar-refractivity contribution is 6.56. The molecule has 1 saturated heterocycles. The van der Waals surface area contributed by atoms with Crippen molar-refractivity contribution in [1.29, 1.82) is 0 Å². The van der Waals surface area contributed by atoms with Crippen LogP contribution in [0.25, 0.3) is 17.2 Å². The van der Waals surface area contributed by atoms with Crippen LogP contribution in [0.4, 0.5) is 4.79 Å². The Labute approximate surface area is 229 Å². The highest BCUT2D eigenvalue weighted by Gasteiger charge is 2.52. The third-order valence-corrected chi connectivity index (χ3v) is 8.00. The zero-order valence-electron chi connectivity index (χ0n) is 22.4. The van der Waals surface area contributed by atoms with Crippen molar-refractivity contribution in [2.75, 3.05) is 13.2 Å². The monoisotopic (exact) mass is 530 g/mol. The second-order valence-corrected chi connectivity index (χ2v) is 11.2. The summed E-state index contributed by atoms with van der Waals surface area (Å²) in [5.41, 5.74) is 5.90. The standard InChI is InChI=1S/C30H32BClN2O4/c1-19-14-15-20(27(32)34-19)16-21(31-37-29(2,3)30(4,5)38-31)17-33-28(35)36-18-26-24-12-8-6-10-22(24)23-11-7-9-13-25(23)26/h6-16,26H,17-18H2,1-5H3,(H,33,35). The van der Waals surface area contributed by atoms with Gasteiger partial charge < -0.3 is 19.4 Å². The van der Waals surface area contributed by atoms with E-state index in [2.05, 4.69) is 34.6 Å². The molecule has 6 nitrogen and oxygen atoms in total. The Hall–Kier alpha value is -3.13. The highest BCUT2D eigenvalue weighted by Crippen LogP contribution is 2.44. The minimum Gasteiger partial charge on any atom is -0.449 e. The van der Waals surface area contributed by atoms with Crippen LogP contribution >= 0.6 is 11.6 Å².